The molecule has 2 aliphatic rings. The highest BCUT2D eigenvalue weighted by atomic mass is 35.5. The van der Waals surface area contributed by atoms with E-state index in [9.17, 15) is 14.0 Å². The molecule has 2 aromatic rings. The quantitative estimate of drug-likeness (QED) is 0.681. The number of carbonyl (C=O) groups is 2. The highest BCUT2D eigenvalue weighted by Crippen LogP contribution is 2.45. The number of esters is 1. The van der Waals surface area contributed by atoms with Gasteiger partial charge in [-0.3, -0.25) is 9.69 Å². The Morgan fingerprint density at radius 2 is 1.91 bits per heavy atom. The van der Waals surface area contributed by atoms with E-state index >= 15 is 0 Å². The molecule has 2 aromatic carbocycles. The lowest BCUT2D eigenvalue weighted by Crippen LogP contribution is -2.40. The minimum atomic E-state index is -0.726. The van der Waals surface area contributed by atoms with E-state index in [-0.39, 0.29) is 23.9 Å². The molecular formula is C24H23ClFN3O3. The van der Waals surface area contributed by atoms with Crippen molar-refractivity contribution in [2.24, 2.45) is 5.73 Å². The number of nitrogens with two attached hydrogens (primary N) is 1. The van der Waals surface area contributed by atoms with Gasteiger partial charge in [0.1, 0.15) is 11.6 Å². The van der Waals surface area contributed by atoms with Gasteiger partial charge in [0.05, 0.1) is 18.1 Å². The second-order valence-electron chi connectivity index (χ2n) is 7.54. The molecule has 1 atom stereocenters. The predicted octanol–water partition coefficient (Wildman–Crippen LogP) is 3.98. The number of nitrogens with zero attached hydrogens (tertiary/aromatic N) is 1. The van der Waals surface area contributed by atoms with Crippen molar-refractivity contribution < 1.29 is 18.7 Å². The predicted molar refractivity (Wildman–Crippen MR) is 120 cm³/mol. The number of benzene rings is 2. The Hall–Kier alpha value is -3.32. The molecule has 8 heteroatoms. The number of rotatable bonds is 4. The van der Waals surface area contributed by atoms with Crippen LogP contribution in [0.15, 0.2) is 71.2 Å². The zero-order chi connectivity index (χ0) is 22.8. The fourth-order valence-corrected chi connectivity index (χ4v) is 4.34. The molecular weight excluding hydrogens is 433 g/mol. The van der Waals surface area contributed by atoms with E-state index in [0.29, 0.717) is 46.9 Å². The van der Waals surface area contributed by atoms with Crippen LogP contribution >= 0.6 is 11.6 Å². The maximum Gasteiger partial charge on any atom is 0.338 e. The molecule has 32 heavy (non-hydrogen) atoms. The number of ether oxygens (including phenoxy) is 1. The Morgan fingerprint density at radius 3 is 2.56 bits per heavy atom. The summed E-state index contributed by atoms with van der Waals surface area (Å²) in [5.41, 5.74) is 9.12. The molecule has 1 unspecified atom stereocenters. The topological polar surface area (TPSA) is 84.7 Å². The van der Waals surface area contributed by atoms with Crippen LogP contribution in [0.2, 0.25) is 5.02 Å². The molecule has 3 N–H and O–H groups in total. The zero-order valence-corrected chi connectivity index (χ0v) is 18.3. The lowest BCUT2D eigenvalue weighted by molar-refractivity contribution is -0.138. The third-order valence-electron chi connectivity index (χ3n) is 5.58. The molecule has 6 nitrogen and oxygen atoms in total. The fraction of sp³-hybridized carbons (Fsp3) is 0.250. The van der Waals surface area contributed by atoms with Crippen molar-refractivity contribution >= 4 is 29.2 Å². The summed E-state index contributed by atoms with van der Waals surface area (Å²) < 4.78 is 18.9. The van der Waals surface area contributed by atoms with Gasteiger partial charge in [0.2, 0.25) is 5.91 Å². The van der Waals surface area contributed by atoms with Crippen LogP contribution in [0.25, 0.3) is 0 Å². The van der Waals surface area contributed by atoms with Crippen LogP contribution in [0.3, 0.4) is 0 Å². The average molecular weight is 456 g/mol. The molecule has 0 aliphatic carbocycles. The molecule has 0 spiro atoms. The fourth-order valence-electron chi connectivity index (χ4n) is 4.21. The SMILES string of the molecule is CCOC(=O)C1=C(N)N(c2ccc(F)cc2)C2=C(C(=O)NCCC2)C1c1ccc(Cl)cc1. The molecule has 0 fully saturated rings. The molecule has 4 rings (SSSR count). The highest BCUT2D eigenvalue weighted by Gasteiger charge is 2.42. The van der Waals surface area contributed by atoms with E-state index in [0.717, 1.165) is 0 Å². The summed E-state index contributed by atoms with van der Waals surface area (Å²) in [4.78, 5) is 28.1. The van der Waals surface area contributed by atoms with Crippen molar-refractivity contribution in [3.8, 4) is 0 Å². The smallest absolute Gasteiger partial charge is 0.338 e. The molecule has 0 bridgehead atoms. The van der Waals surface area contributed by atoms with Gasteiger partial charge in [-0.15, -0.1) is 0 Å². The lowest BCUT2D eigenvalue weighted by Gasteiger charge is -2.38. The first-order valence-electron chi connectivity index (χ1n) is 10.4. The Labute approximate surface area is 190 Å². The maximum atomic E-state index is 13.6. The van der Waals surface area contributed by atoms with Gasteiger partial charge in [-0.1, -0.05) is 23.7 Å². The standard InChI is InChI=1S/C24H23ClFN3O3/c1-2-32-24(31)21-19(14-5-7-15(25)8-6-14)20-18(4-3-13-28-23(20)30)29(22(21)27)17-11-9-16(26)10-12-17/h5-12,19H,2-4,13,27H2,1H3,(H,28,30). The minimum Gasteiger partial charge on any atom is -0.463 e. The summed E-state index contributed by atoms with van der Waals surface area (Å²) in [5.74, 6) is -1.86. The zero-order valence-electron chi connectivity index (χ0n) is 17.5. The normalized spacial score (nSPS) is 18.8. The van der Waals surface area contributed by atoms with Gasteiger partial charge in [0, 0.05) is 28.5 Å². The number of amides is 1. The van der Waals surface area contributed by atoms with Crippen LogP contribution in [-0.2, 0) is 14.3 Å². The molecule has 0 saturated carbocycles. The first kappa shape index (κ1) is 21.9. The van der Waals surface area contributed by atoms with Crippen molar-refractivity contribution in [2.45, 2.75) is 25.7 Å². The Kier molecular flexibility index (Phi) is 6.19. The summed E-state index contributed by atoms with van der Waals surface area (Å²) in [6.45, 7) is 2.35. The van der Waals surface area contributed by atoms with Crippen LogP contribution in [0.5, 0.6) is 0 Å². The van der Waals surface area contributed by atoms with Gasteiger partial charge < -0.3 is 15.8 Å². The Balaban J connectivity index is 1.99. The van der Waals surface area contributed by atoms with Gasteiger partial charge in [-0.25, -0.2) is 9.18 Å². The Bertz CT molecular complexity index is 1110. The second kappa shape index (κ2) is 9.04. The maximum absolute atomic E-state index is 13.6. The van der Waals surface area contributed by atoms with Gasteiger partial charge in [-0.2, -0.15) is 0 Å². The monoisotopic (exact) mass is 455 g/mol. The first-order valence-corrected chi connectivity index (χ1v) is 10.8. The second-order valence-corrected chi connectivity index (χ2v) is 7.97. The van der Waals surface area contributed by atoms with Gasteiger partial charge >= 0.3 is 5.97 Å². The van der Waals surface area contributed by atoms with Gasteiger partial charge in [0.15, 0.2) is 0 Å². The summed E-state index contributed by atoms with van der Waals surface area (Å²) in [5, 5.41) is 3.45. The lowest BCUT2D eigenvalue weighted by atomic mass is 9.79. The summed E-state index contributed by atoms with van der Waals surface area (Å²) >= 11 is 6.08. The van der Waals surface area contributed by atoms with E-state index in [1.807, 2.05) is 0 Å². The van der Waals surface area contributed by atoms with Crippen LogP contribution in [0, 0.1) is 5.82 Å². The number of anilines is 1. The molecule has 0 radical (unpaired) electrons. The number of nitrogens with one attached hydrogen (secondary N) is 1. The highest BCUT2D eigenvalue weighted by molar-refractivity contribution is 6.30. The molecule has 0 saturated heterocycles. The van der Waals surface area contributed by atoms with Gasteiger partial charge in [0.25, 0.3) is 0 Å². The molecule has 0 aromatic heterocycles. The Morgan fingerprint density at radius 1 is 1.22 bits per heavy atom. The molecule has 2 aliphatic heterocycles. The third kappa shape index (κ3) is 3.96. The number of hydrogen-bond acceptors (Lipinski definition) is 5. The first-order chi connectivity index (χ1) is 15.4. The van der Waals surface area contributed by atoms with E-state index in [1.165, 1.54) is 12.1 Å². The van der Waals surface area contributed by atoms with Crippen molar-refractivity contribution in [3.63, 3.8) is 0 Å². The summed E-state index contributed by atoms with van der Waals surface area (Å²) in [7, 11) is 0. The van der Waals surface area contributed by atoms with E-state index in [4.69, 9.17) is 22.1 Å². The van der Waals surface area contributed by atoms with Crippen molar-refractivity contribution in [2.75, 3.05) is 18.1 Å². The van der Waals surface area contributed by atoms with Crippen LogP contribution in [0.1, 0.15) is 31.2 Å². The van der Waals surface area contributed by atoms with Crippen molar-refractivity contribution in [1.82, 2.24) is 5.32 Å². The van der Waals surface area contributed by atoms with E-state index in [1.54, 1.807) is 48.2 Å². The van der Waals surface area contributed by atoms with Crippen LogP contribution in [0.4, 0.5) is 10.1 Å². The van der Waals surface area contributed by atoms with Crippen LogP contribution < -0.4 is 16.0 Å². The number of hydrogen-bond donors (Lipinski definition) is 2. The summed E-state index contributed by atoms with van der Waals surface area (Å²) in [6, 6.07) is 12.7. The van der Waals surface area contributed by atoms with Gasteiger partial charge in [-0.05, 0) is 61.7 Å². The minimum absolute atomic E-state index is 0.150. The van der Waals surface area contributed by atoms with E-state index < -0.39 is 17.7 Å². The van der Waals surface area contributed by atoms with E-state index in [2.05, 4.69) is 5.32 Å². The number of halogens is 2. The number of allylic oxidation sites excluding steroid dienone is 1. The molecule has 2 heterocycles. The van der Waals surface area contributed by atoms with Crippen molar-refractivity contribution in [1.29, 1.82) is 0 Å². The third-order valence-corrected chi connectivity index (χ3v) is 5.83. The number of carbonyl (C=O) groups excluding carboxylic acids is 2. The summed E-state index contributed by atoms with van der Waals surface area (Å²) in [6.07, 6.45) is 1.24. The molecule has 166 valence electrons. The molecule has 1 amide bonds. The average Bonchev–Trinajstić information content (AvgIpc) is 2.96. The largest absolute Gasteiger partial charge is 0.463 e. The van der Waals surface area contributed by atoms with Crippen LogP contribution in [-0.4, -0.2) is 25.0 Å². The van der Waals surface area contributed by atoms with Crippen molar-refractivity contribution in [3.05, 3.63) is 87.6 Å².